The van der Waals surface area contributed by atoms with Gasteiger partial charge in [-0.1, -0.05) is 12.2 Å². The van der Waals surface area contributed by atoms with Crippen LogP contribution in [0.15, 0.2) is 12.2 Å². The van der Waals surface area contributed by atoms with Crippen LogP contribution in [0.1, 0.15) is 32.1 Å². The average molecular weight is 230 g/mol. The fourth-order valence-corrected chi connectivity index (χ4v) is 2.89. The fraction of sp³-hybridized carbons (Fsp3) is 0.727. The number of carboxylic acids is 1. The van der Waals surface area contributed by atoms with Crippen molar-refractivity contribution in [3.63, 3.8) is 0 Å². The number of carboxylic acid groups (broad SMARTS) is 1. The number of thioether (sulfide) groups is 1. The van der Waals surface area contributed by atoms with E-state index in [1.807, 2.05) is 0 Å². The van der Waals surface area contributed by atoms with Crippen LogP contribution in [0.2, 0.25) is 0 Å². The molecule has 0 bridgehead atoms. The lowest BCUT2D eigenvalue weighted by Crippen LogP contribution is -2.24. The first-order valence-corrected chi connectivity index (χ1v) is 6.41. The molecular formula is C11H18O3S. The summed E-state index contributed by atoms with van der Waals surface area (Å²) in [7, 11) is 0. The molecule has 15 heavy (non-hydrogen) atoms. The lowest BCUT2D eigenvalue weighted by atomic mass is 10.0. The Hall–Kier alpha value is -0.480. The monoisotopic (exact) mass is 230 g/mol. The molecule has 1 aliphatic carbocycles. The summed E-state index contributed by atoms with van der Waals surface area (Å²) in [6.07, 6.45) is 7.82. The van der Waals surface area contributed by atoms with Crippen LogP contribution >= 0.6 is 11.8 Å². The molecule has 2 N–H and O–H groups in total. The molecule has 0 fully saturated rings. The smallest absolute Gasteiger partial charge is 0.304 e. The standard InChI is InChI=1S/C11H18O3S/c12-9-5-3-1-2-4-6-10(9)15-8-7-11(13)14/h1-2,9-10,12H,3-8H2,(H,13,14)/b2-1+. The van der Waals surface area contributed by atoms with E-state index in [1.54, 1.807) is 11.8 Å². The van der Waals surface area contributed by atoms with E-state index in [4.69, 9.17) is 5.11 Å². The van der Waals surface area contributed by atoms with E-state index >= 15 is 0 Å². The number of hydrogen-bond donors (Lipinski definition) is 2. The molecule has 3 nitrogen and oxygen atoms in total. The van der Waals surface area contributed by atoms with Gasteiger partial charge >= 0.3 is 5.97 Å². The molecule has 0 spiro atoms. The van der Waals surface area contributed by atoms with Crippen molar-refractivity contribution < 1.29 is 15.0 Å². The summed E-state index contributed by atoms with van der Waals surface area (Å²) in [5.74, 6) is -0.163. The van der Waals surface area contributed by atoms with Gasteiger partial charge < -0.3 is 10.2 Å². The zero-order valence-corrected chi connectivity index (χ0v) is 9.58. The quantitative estimate of drug-likeness (QED) is 0.726. The molecule has 0 heterocycles. The first-order chi connectivity index (χ1) is 7.20. The highest BCUT2D eigenvalue weighted by Gasteiger charge is 2.19. The molecule has 0 amide bonds. The van der Waals surface area contributed by atoms with Crippen molar-refractivity contribution in [3.8, 4) is 0 Å². The Labute approximate surface area is 94.6 Å². The highest BCUT2D eigenvalue weighted by molar-refractivity contribution is 7.99. The van der Waals surface area contributed by atoms with E-state index in [1.165, 1.54) is 0 Å². The van der Waals surface area contributed by atoms with Gasteiger partial charge in [-0.3, -0.25) is 4.79 Å². The number of aliphatic hydroxyl groups is 1. The number of aliphatic carboxylic acids is 1. The SMILES string of the molecule is O=C(O)CCSC1CC/C=C/CCC1O. The summed E-state index contributed by atoms with van der Waals surface area (Å²) in [6, 6.07) is 0. The van der Waals surface area contributed by atoms with Crippen LogP contribution in [0, 0.1) is 0 Å². The molecular weight excluding hydrogens is 212 g/mol. The van der Waals surface area contributed by atoms with Crippen molar-refractivity contribution in [2.45, 2.75) is 43.5 Å². The molecule has 0 radical (unpaired) electrons. The summed E-state index contributed by atoms with van der Waals surface area (Å²) in [4.78, 5) is 10.4. The molecule has 86 valence electrons. The maximum absolute atomic E-state index is 10.4. The van der Waals surface area contributed by atoms with E-state index in [-0.39, 0.29) is 17.8 Å². The molecule has 0 aliphatic heterocycles. The van der Waals surface area contributed by atoms with Crippen LogP contribution in [-0.4, -0.2) is 33.3 Å². The predicted octanol–water partition coefficient (Wildman–Crippen LogP) is 2.05. The topological polar surface area (TPSA) is 57.5 Å². The Kier molecular flexibility index (Phi) is 5.79. The van der Waals surface area contributed by atoms with Crippen LogP contribution in [0.4, 0.5) is 0 Å². The highest BCUT2D eigenvalue weighted by atomic mass is 32.2. The van der Waals surface area contributed by atoms with Gasteiger partial charge in [0.1, 0.15) is 0 Å². The second-order valence-corrected chi connectivity index (χ2v) is 5.09. The van der Waals surface area contributed by atoms with Gasteiger partial charge in [0.15, 0.2) is 0 Å². The van der Waals surface area contributed by atoms with Crippen molar-refractivity contribution in [3.05, 3.63) is 12.2 Å². The zero-order valence-electron chi connectivity index (χ0n) is 8.76. The molecule has 0 saturated heterocycles. The normalized spacial score (nSPS) is 29.1. The molecule has 0 aromatic carbocycles. The lowest BCUT2D eigenvalue weighted by Gasteiger charge is -2.22. The van der Waals surface area contributed by atoms with Gasteiger partial charge in [0.25, 0.3) is 0 Å². The van der Waals surface area contributed by atoms with Gasteiger partial charge in [-0.2, -0.15) is 11.8 Å². The third-order valence-electron chi connectivity index (χ3n) is 2.49. The first kappa shape index (κ1) is 12.6. The molecule has 4 heteroatoms. The summed E-state index contributed by atoms with van der Waals surface area (Å²) < 4.78 is 0. The van der Waals surface area contributed by atoms with Crippen molar-refractivity contribution in [1.29, 1.82) is 0 Å². The Morgan fingerprint density at radius 2 is 2.00 bits per heavy atom. The zero-order chi connectivity index (χ0) is 11.1. The minimum absolute atomic E-state index is 0.184. The largest absolute Gasteiger partial charge is 0.481 e. The Morgan fingerprint density at radius 1 is 1.33 bits per heavy atom. The number of allylic oxidation sites excluding steroid dienone is 2. The number of rotatable bonds is 4. The van der Waals surface area contributed by atoms with E-state index in [2.05, 4.69) is 12.2 Å². The Morgan fingerprint density at radius 3 is 2.67 bits per heavy atom. The van der Waals surface area contributed by atoms with Crippen LogP contribution < -0.4 is 0 Å². The van der Waals surface area contributed by atoms with E-state index in [0.29, 0.717) is 5.75 Å². The van der Waals surface area contributed by atoms with Gasteiger partial charge in [-0.15, -0.1) is 0 Å². The van der Waals surface area contributed by atoms with Crippen molar-refractivity contribution in [2.24, 2.45) is 0 Å². The van der Waals surface area contributed by atoms with Gasteiger partial charge in [0.05, 0.1) is 12.5 Å². The van der Waals surface area contributed by atoms with Crippen molar-refractivity contribution in [2.75, 3.05) is 5.75 Å². The van der Waals surface area contributed by atoms with Crippen LogP contribution in [0.25, 0.3) is 0 Å². The second kappa shape index (κ2) is 6.90. The second-order valence-electron chi connectivity index (χ2n) is 3.75. The Balaban J connectivity index is 2.30. The lowest BCUT2D eigenvalue weighted by molar-refractivity contribution is -0.136. The molecule has 0 saturated carbocycles. The van der Waals surface area contributed by atoms with Crippen molar-refractivity contribution in [1.82, 2.24) is 0 Å². The van der Waals surface area contributed by atoms with Crippen LogP contribution in [0.5, 0.6) is 0 Å². The highest BCUT2D eigenvalue weighted by Crippen LogP contribution is 2.25. The number of carbonyl (C=O) groups is 1. The Bertz CT molecular complexity index is 228. The van der Waals surface area contributed by atoms with Crippen LogP contribution in [-0.2, 0) is 4.79 Å². The molecule has 2 unspecified atom stereocenters. The van der Waals surface area contributed by atoms with E-state index in [9.17, 15) is 9.90 Å². The van der Waals surface area contributed by atoms with Crippen molar-refractivity contribution >= 4 is 17.7 Å². The minimum Gasteiger partial charge on any atom is -0.481 e. The summed E-state index contributed by atoms with van der Waals surface area (Å²) in [5, 5.41) is 18.6. The van der Waals surface area contributed by atoms with Gasteiger partial charge in [0, 0.05) is 11.0 Å². The third-order valence-corrected chi connectivity index (χ3v) is 3.91. The number of aliphatic hydroxyl groups excluding tert-OH is 1. The van der Waals surface area contributed by atoms with Crippen LogP contribution in [0.3, 0.4) is 0 Å². The molecule has 2 atom stereocenters. The maximum Gasteiger partial charge on any atom is 0.304 e. The third kappa shape index (κ3) is 5.23. The maximum atomic E-state index is 10.4. The number of hydrogen-bond acceptors (Lipinski definition) is 3. The van der Waals surface area contributed by atoms with E-state index in [0.717, 1.165) is 25.7 Å². The predicted molar refractivity (Wildman–Crippen MR) is 62.1 cm³/mol. The average Bonchev–Trinajstić information content (AvgIpc) is 2.16. The van der Waals surface area contributed by atoms with Gasteiger partial charge in [-0.25, -0.2) is 0 Å². The van der Waals surface area contributed by atoms with E-state index < -0.39 is 5.97 Å². The first-order valence-electron chi connectivity index (χ1n) is 5.36. The molecule has 0 aromatic heterocycles. The summed E-state index contributed by atoms with van der Waals surface area (Å²) in [5.41, 5.74) is 0. The molecule has 1 rings (SSSR count). The molecule has 1 aliphatic rings. The summed E-state index contributed by atoms with van der Waals surface area (Å²) >= 11 is 1.59. The van der Waals surface area contributed by atoms with Gasteiger partial charge in [-0.05, 0) is 25.7 Å². The summed E-state index contributed by atoms with van der Waals surface area (Å²) in [6.45, 7) is 0. The van der Waals surface area contributed by atoms with Gasteiger partial charge in [0.2, 0.25) is 0 Å². The minimum atomic E-state index is -0.761. The fourth-order valence-electron chi connectivity index (χ4n) is 1.63. The molecule has 0 aromatic rings.